The van der Waals surface area contributed by atoms with Crippen molar-refractivity contribution in [2.75, 3.05) is 47.3 Å². The molecule has 0 bridgehead atoms. The van der Waals surface area contributed by atoms with Crippen LogP contribution in [0.15, 0.2) is 24.3 Å². The van der Waals surface area contributed by atoms with Crippen LogP contribution in [0, 0.1) is 5.82 Å². The molecular formula is C15H26FN3. The van der Waals surface area contributed by atoms with Gasteiger partial charge < -0.3 is 15.1 Å². The second-order valence-electron chi connectivity index (χ2n) is 5.27. The summed E-state index contributed by atoms with van der Waals surface area (Å²) in [5.41, 5.74) is 1.15. The fraction of sp³-hybridized carbons (Fsp3) is 0.600. The molecule has 1 rings (SSSR count). The summed E-state index contributed by atoms with van der Waals surface area (Å²) in [6.45, 7) is 5.03. The average Bonchev–Trinajstić information content (AvgIpc) is 2.36. The van der Waals surface area contributed by atoms with Gasteiger partial charge in [0.15, 0.2) is 0 Å². The zero-order valence-corrected chi connectivity index (χ0v) is 12.3. The van der Waals surface area contributed by atoms with E-state index < -0.39 is 0 Å². The predicted molar refractivity (Wildman–Crippen MR) is 78.8 cm³/mol. The standard InChI is InChI=1S/C15H26FN3/c1-18(2)11-4-9-17-10-12-19(3)13-14-5-7-15(16)8-6-14/h5-8,17H,4,9-13H2,1-3H3. The van der Waals surface area contributed by atoms with E-state index in [0.717, 1.165) is 38.3 Å². The second kappa shape index (κ2) is 9.02. The Morgan fingerprint density at radius 2 is 1.68 bits per heavy atom. The molecule has 0 fully saturated rings. The molecule has 3 nitrogen and oxygen atoms in total. The van der Waals surface area contributed by atoms with E-state index in [1.54, 1.807) is 0 Å². The molecule has 19 heavy (non-hydrogen) atoms. The molecule has 0 saturated heterocycles. The Morgan fingerprint density at radius 3 is 2.32 bits per heavy atom. The normalized spacial score (nSPS) is 11.5. The molecule has 0 heterocycles. The smallest absolute Gasteiger partial charge is 0.123 e. The number of nitrogens with one attached hydrogen (secondary N) is 1. The number of likely N-dealkylation sites (N-methyl/N-ethyl adjacent to an activating group) is 1. The number of hydrogen-bond donors (Lipinski definition) is 1. The first-order valence-corrected chi connectivity index (χ1v) is 6.86. The lowest BCUT2D eigenvalue weighted by atomic mass is 10.2. The Kier molecular flexibility index (Phi) is 7.63. The van der Waals surface area contributed by atoms with Gasteiger partial charge in [-0.25, -0.2) is 4.39 Å². The third-order valence-corrected chi connectivity index (χ3v) is 2.99. The zero-order chi connectivity index (χ0) is 14.1. The van der Waals surface area contributed by atoms with Crippen molar-refractivity contribution in [2.45, 2.75) is 13.0 Å². The van der Waals surface area contributed by atoms with Gasteiger partial charge in [-0.05, 0) is 58.3 Å². The first kappa shape index (κ1) is 16.1. The highest BCUT2D eigenvalue weighted by molar-refractivity contribution is 5.15. The van der Waals surface area contributed by atoms with Crippen LogP contribution >= 0.6 is 0 Å². The minimum absolute atomic E-state index is 0.172. The van der Waals surface area contributed by atoms with E-state index in [1.165, 1.54) is 18.6 Å². The van der Waals surface area contributed by atoms with E-state index in [1.807, 2.05) is 12.1 Å². The summed E-state index contributed by atoms with van der Waals surface area (Å²) in [4.78, 5) is 4.44. The molecule has 0 atom stereocenters. The molecule has 0 aliphatic carbocycles. The van der Waals surface area contributed by atoms with Gasteiger partial charge in [0.2, 0.25) is 0 Å². The zero-order valence-electron chi connectivity index (χ0n) is 12.3. The van der Waals surface area contributed by atoms with Crippen molar-refractivity contribution in [1.29, 1.82) is 0 Å². The largest absolute Gasteiger partial charge is 0.315 e. The highest BCUT2D eigenvalue weighted by Crippen LogP contribution is 2.04. The number of rotatable bonds is 9. The first-order valence-electron chi connectivity index (χ1n) is 6.86. The van der Waals surface area contributed by atoms with E-state index in [2.05, 4.69) is 36.3 Å². The Hall–Kier alpha value is -0.970. The fourth-order valence-corrected chi connectivity index (χ4v) is 1.90. The van der Waals surface area contributed by atoms with Gasteiger partial charge in [-0.2, -0.15) is 0 Å². The summed E-state index contributed by atoms with van der Waals surface area (Å²) in [5, 5.41) is 3.44. The summed E-state index contributed by atoms with van der Waals surface area (Å²) < 4.78 is 12.8. The quantitative estimate of drug-likeness (QED) is 0.688. The molecule has 0 amide bonds. The van der Waals surface area contributed by atoms with Gasteiger partial charge in [-0.15, -0.1) is 0 Å². The lowest BCUT2D eigenvalue weighted by Crippen LogP contribution is -2.30. The summed E-state index contributed by atoms with van der Waals surface area (Å²) in [5.74, 6) is -0.172. The minimum atomic E-state index is -0.172. The van der Waals surface area contributed by atoms with Gasteiger partial charge in [0.25, 0.3) is 0 Å². The first-order chi connectivity index (χ1) is 9.08. The molecule has 1 aromatic rings. The Labute approximate surface area is 116 Å². The van der Waals surface area contributed by atoms with E-state index >= 15 is 0 Å². The van der Waals surface area contributed by atoms with E-state index in [9.17, 15) is 4.39 Å². The number of benzene rings is 1. The van der Waals surface area contributed by atoms with Gasteiger partial charge in [-0.1, -0.05) is 12.1 Å². The Morgan fingerprint density at radius 1 is 1.00 bits per heavy atom. The van der Waals surface area contributed by atoms with E-state index in [-0.39, 0.29) is 5.82 Å². The number of nitrogens with zero attached hydrogens (tertiary/aromatic N) is 2. The lowest BCUT2D eigenvalue weighted by Gasteiger charge is -2.17. The molecule has 0 aliphatic rings. The molecule has 0 saturated carbocycles. The highest BCUT2D eigenvalue weighted by atomic mass is 19.1. The molecule has 108 valence electrons. The van der Waals surface area contributed by atoms with Crippen molar-refractivity contribution in [3.63, 3.8) is 0 Å². The van der Waals surface area contributed by atoms with E-state index in [0.29, 0.717) is 0 Å². The van der Waals surface area contributed by atoms with Crippen molar-refractivity contribution in [2.24, 2.45) is 0 Å². The van der Waals surface area contributed by atoms with Crippen LogP contribution in [0.3, 0.4) is 0 Å². The molecule has 0 unspecified atom stereocenters. The van der Waals surface area contributed by atoms with Gasteiger partial charge in [-0.3, -0.25) is 0 Å². The van der Waals surface area contributed by atoms with Crippen molar-refractivity contribution in [3.8, 4) is 0 Å². The average molecular weight is 267 g/mol. The number of hydrogen-bond acceptors (Lipinski definition) is 3. The fourth-order valence-electron chi connectivity index (χ4n) is 1.90. The van der Waals surface area contributed by atoms with Gasteiger partial charge in [0, 0.05) is 19.6 Å². The van der Waals surface area contributed by atoms with Crippen molar-refractivity contribution >= 4 is 0 Å². The van der Waals surface area contributed by atoms with Crippen LogP contribution in [0.5, 0.6) is 0 Å². The predicted octanol–water partition coefficient (Wildman–Crippen LogP) is 1.80. The molecular weight excluding hydrogens is 241 g/mol. The Bertz CT molecular complexity index is 338. The molecule has 1 N–H and O–H groups in total. The van der Waals surface area contributed by atoms with Crippen LogP contribution in [-0.4, -0.2) is 57.1 Å². The Balaban J connectivity index is 2.08. The molecule has 0 aliphatic heterocycles. The van der Waals surface area contributed by atoms with Crippen LogP contribution in [0.1, 0.15) is 12.0 Å². The summed E-state index contributed by atoms with van der Waals surface area (Å²) in [6.07, 6.45) is 1.18. The topological polar surface area (TPSA) is 18.5 Å². The maximum absolute atomic E-state index is 12.8. The SMILES string of the molecule is CN(C)CCCNCCN(C)Cc1ccc(F)cc1. The summed E-state index contributed by atoms with van der Waals surface area (Å²) >= 11 is 0. The lowest BCUT2D eigenvalue weighted by molar-refractivity contribution is 0.321. The molecule has 1 aromatic carbocycles. The molecule has 0 spiro atoms. The summed E-state index contributed by atoms with van der Waals surface area (Å²) in [7, 11) is 6.28. The molecule has 4 heteroatoms. The summed E-state index contributed by atoms with van der Waals surface area (Å²) in [6, 6.07) is 6.72. The highest BCUT2D eigenvalue weighted by Gasteiger charge is 2.00. The molecule has 0 aromatic heterocycles. The van der Waals surface area contributed by atoms with Crippen molar-refractivity contribution in [1.82, 2.24) is 15.1 Å². The van der Waals surface area contributed by atoms with Gasteiger partial charge in [0.05, 0.1) is 0 Å². The third-order valence-electron chi connectivity index (χ3n) is 2.99. The van der Waals surface area contributed by atoms with Gasteiger partial charge >= 0.3 is 0 Å². The monoisotopic (exact) mass is 267 g/mol. The van der Waals surface area contributed by atoms with Crippen LogP contribution in [0.4, 0.5) is 4.39 Å². The van der Waals surface area contributed by atoms with Gasteiger partial charge in [0.1, 0.15) is 5.82 Å². The third kappa shape index (κ3) is 7.93. The maximum Gasteiger partial charge on any atom is 0.123 e. The minimum Gasteiger partial charge on any atom is -0.315 e. The van der Waals surface area contributed by atoms with E-state index in [4.69, 9.17) is 0 Å². The van der Waals surface area contributed by atoms with Crippen molar-refractivity contribution in [3.05, 3.63) is 35.6 Å². The van der Waals surface area contributed by atoms with Crippen LogP contribution in [0.2, 0.25) is 0 Å². The maximum atomic E-state index is 12.8. The van der Waals surface area contributed by atoms with Crippen LogP contribution in [0.25, 0.3) is 0 Å². The second-order valence-corrected chi connectivity index (χ2v) is 5.27. The molecule has 0 radical (unpaired) electrons. The van der Waals surface area contributed by atoms with Crippen LogP contribution < -0.4 is 5.32 Å². The van der Waals surface area contributed by atoms with Crippen molar-refractivity contribution < 1.29 is 4.39 Å². The van der Waals surface area contributed by atoms with Crippen LogP contribution in [-0.2, 0) is 6.54 Å². The number of halogens is 1.